The predicted octanol–water partition coefficient (Wildman–Crippen LogP) is 9.47. The number of hydrogen-bond donors (Lipinski definition) is 8. The smallest absolute Gasteiger partial charge is 0.329 e. The van der Waals surface area contributed by atoms with Gasteiger partial charge in [-0.1, -0.05) is 89.1 Å². The topological polar surface area (TPSA) is 345 Å². The molecule has 4 bridgehead atoms. The van der Waals surface area contributed by atoms with Crippen molar-refractivity contribution in [2.45, 2.75) is 320 Å². The summed E-state index contributed by atoms with van der Waals surface area (Å²) in [4.78, 5) is 87.3. The van der Waals surface area contributed by atoms with Crippen LogP contribution < -0.4 is 0 Å². The van der Waals surface area contributed by atoms with E-state index in [1.165, 1.54) is 9.80 Å². The predicted molar refractivity (Wildman–Crippen MR) is 415 cm³/mol. The number of methoxy groups -OCH3 is 4. The summed E-state index contributed by atoms with van der Waals surface area (Å²) >= 11 is 0. The molecule has 110 heavy (non-hydrogen) atoms. The molecule has 0 aromatic heterocycles. The summed E-state index contributed by atoms with van der Waals surface area (Å²) in [5.74, 6) is -9.56. The summed E-state index contributed by atoms with van der Waals surface area (Å²) in [5, 5.41) is 88.1. The third-order valence-corrected chi connectivity index (χ3v) is 25.5. The molecule has 8 N–H and O–H groups in total. The number of Topliss-reactive ketones (excluding diaryl/α,β-unsaturated/α-hetero) is 2. The highest BCUT2D eigenvalue weighted by molar-refractivity contribution is 5.87. The number of aliphatic hydroxyl groups is 8. The summed E-state index contributed by atoms with van der Waals surface area (Å²) in [6, 6.07) is -1.83. The highest BCUT2D eigenvalue weighted by Gasteiger charge is 2.54. The number of hydrogen-bond acceptors (Lipinski definition) is 22. The second-order valence-corrected chi connectivity index (χ2v) is 34.3. The van der Waals surface area contributed by atoms with Gasteiger partial charge in [0, 0.05) is 102 Å². The van der Waals surface area contributed by atoms with Crippen molar-refractivity contribution in [3.8, 4) is 0 Å². The van der Waals surface area contributed by atoms with Crippen molar-refractivity contribution in [2.24, 2.45) is 65.1 Å². The van der Waals surface area contributed by atoms with Crippen LogP contribution in [0.15, 0.2) is 71.9 Å². The number of esters is 2. The molecule has 28 atom stereocenters. The number of carbonyl (C=O) groups excluding carboxylic acids is 6. The van der Waals surface area contributed by atoms with E-state index in [2.05, 4.69) is 27.0 Å². The number of carbonyl (C=O) groups is 6. The van der Waals surface area contributed by atoms with E-state index in [-0.39, 0.29) is 79.6 Å². The minimum absolute atomic E-state index is 0.00450. The number of allylic oxidation sites excluding steroid dienone is 8. The number of rotatable bonds is 13. The van der Waals surface area contributed by atoms with E-state index in [0.29, 0.717) is 146 Å². The van der Waals surface area contributed by atoms with Crippen molar-refractivity contribution in [3.63, 3.8) is 0 Å². The van der Waals surface area contributed by atoms with Crippen LogP contribution in [0.25, 0.3) is 0 Å². The van der Waals surface area contributed by atoms with Crippen LogP contribution in [0.2, 0.25) is 0 Å². The molecule has 8 aliphatic rings. The molecule has 0 aromatic rings. The molecule has 6 aliphatic heterocycles. The number of ether oxygens (including phenoxy) is 8. The van der Waals surface area contributed by atoms with E-state index in [1.807, 2.05) is 65.8 Å². The molecule has 6 heterocycles. The van der Waals surface area contributed by atoms with Crippen LogP contribution in [0.3, 0.4) is 0 Å². The fraction of sp³-hybridized carbons (Fsp3) is 0.791. The average Bonchev–Trinajstić information content (AvgIpc) is 0.950. The molecule has 6 fully saturated rings. The Morgan fingerprint density at radius 2 is 0.900 bits per heavy atom. The summed E-state index contributed by atoms with van der Waals surface area (Å²) in [7, 11) is 6.40. The largest absolute Gasteiger partial charge is 0.456 e. The molecule has 2 amide bonds. The maximum atomic E-state index is 14.2. The Morgan fingerprint density at radius 3 is 1.30 bits per heavy atom. The SMILES string of the molecule is C=CC[C@@H]1/C=C(\C)C[C@H](C)C[C@H](OC)[C@H]2O[C@@](O)(CC(=O)N3CCCC[C@H]3C(=O)O[C@H](/C(C)=C/C3CC[C@@H](O)[C@H](O)C3)[C@H](C)[C@H](O)CC1=O)[C@H](C)C[C@@H]2OC.C=CC[C@@H]1/C=C(\C)C[C@H](C)C[C@H](OC)[C@H]2O[C@@](O)(CC(=O)N3CCC[C@H]3C(=O)O[C@H](/C(C)=C/C3CC[C@@H](O)[C@H](CO)C3)[C@H](C)[C@H](O)CC1=O)[C@H](C)C[C@@H]2OC. The van der Waals surface area contributed by atoms with Gasteiger partial charge in [-0.15, -0.1) is 13.2 Å². The van der Waals surface area contributed by atoms with Crippen LogP contribution in [-0.4, -0.2) is 237 Å². The van der Waals surface area contributed by atoms with E-state index in [9.17, 15) is 69.6 Å². The van der Waals surface area contributed by atoms with Crippen molar-refractivity contribution in [3.05, 3.63) is 71.9 Å². The Balaban J connectivity index is 0.000000306. The highest BCUT2D eigenvalue weighted by Crippen LogP contribution is 2.44. The van der Waals surface area contributed by atoms with Gasteiger partial charge in [0.2, 0.25) is 11.8 Å². The number of cyclic esters (lactones) is 2. The molecular weight excluding hydrogens is 1410 g/mol. The number of nitrogens with zero attached hydrogens (tertiary/aromatic N) is 2. The lowest BCUT2D eigenvalue weighted by Gasteiger charge is -2.48. The van der Waals surface area contributed by atoms with Crippen LogP contribution in [0.4, 0.5) is 0 Å². The zero-order valence-electron chi connectivity index (χ0n) is 68.5. The quantitative estimate of drug-likeness (QED) is 0.0628. The summed E-state index contributed by atoms with van der Waals surface area (Å²) in [5.41, 5.74) is 3.36. The first-order chi connectivity index (χ1) is 52.1. The number of fused-ring (bicyclic) bond motifs is 6. The second-order valence-electron chi connectivity index (χ2n) is 34.3. The lowest BCUT2D eigenvalue weighted by molar-refractivity contribution is -0.321. The van der Waals surface area contributed by atoms with Crippen molar-refractivity contribution in [2.75, 3.05) is 48.1 Å². The summed E-state index contributed by atoms with van der Waals surface area (Å²) in [6.45, 7) is 27.2. The Labute approximate surface area is 654 Å². The van der Waals surface area contributed by atoms with Gasteiger partial charge in [0.05, 0.1) is 67.8 Å². The zero-order chi connectivity index (χ0) is 81.2. The van der Waals surface area contributed by atoms with Crippen LogP contribution in [-0.2, 0) is 66.7 Å². The maximum Gasteiger partial charge on any atom is 0.329 e. The van der Waals surface area contributed by atoms with Gasteiger partial charge in [0.15, 0.2) is 11.6 Å². The number of piperidine rings is 1. The van der Waals surface area contributed by atoms with Crippen molar-refractivity contribution < 1.29 is 108 Å². The Bertz CT molecular complexity index is 3170. The fourth-order valence-electron chi connectivity index (χ4n) is 18.7. The van der Waals surface area contributed by atoms with E-state index >= 15 is 0 Å². The normalized spacial score (nSPS) is 41.9. The molecule has 0 aromatic carbocycles. The third-order valence-electron chi connectivity index (χ3n) is 25.5. The standard InChI is InChI=1S/2C43H69NO11/c1-9-12-31-18-25(2)17-26(3)19-37(52-7)41-38(53-8)21-28(5)43(51,55-41)24-39(49)44-16-11-10-13-32(44)42(50)54-40(29(6)34(46)23-35(31)47)27(4)20-30-14-15-33(45)36(48)22-30;1-9-11-31-17-25(2)16-26(3)18-37(52-7)41-38(53-8)20-28(5)43(51,55-41)23-39(49)44-15-10-12-33(44)42(50)54-40(29(6)35(47)22-36(31)48)27(4)19-30-13-14-34(46)32(21-30)24-45/h9,18,20,26,28-34,36-38,40-41,45-46,48,51H,1,10-17,19,21-24H2,2-8H3;9,17,19,26,28-35,37-38,40-41,45-47,51H,1,10-16,18,20-24H2,2-8H3/b25-18+,27-20+;25-17+,27-19+/t26-,28+,29+,30?,31+,32-,33+,34+,36+,37-,38-,40+,41+,43-;26-,28+,29+,30?,31+,32-,33-,34+,35+,37-,38-,40+,41+,43-/m00/s1. The molecule has 24 heteroatoms. The van der Waals surface area contributed by atoms with Gasteiger partial charge in [-0.05, 0) is 185 Å². The molecule has 8 rings (SSSR count). The van der Waals surface area contributed by atoms with E-state index in [0.717, 1.165) is 11.1 Å². The van der Waals surface area contributed by atoms with Gasteiger partial charge in [0.1, 0.15) is 48.1 Å². The number of ketones is 2. The van der Waals surface area contributed by atoms with Gasteiger partial charge in [-0.2, -0.15) is 0 Å². The van der Waals surface area contributed by atoms with Crippen LogP contribution >= 0.6 is 0 Å². The molecular formula is C86H138N2O22. The monoisotopic (exact) mass is 1550 g/mol. The Kier molecular flexibility index (Phi) is 35.8. The molecule has 4 saturated heterocycles. The first-order valence-electron chi connectivity index (χ1n) is 41.0. The summed E-state index contributed by atoms with van der Waals surface area (Å²) in [6.07, 6.45) is 10.7. The Hall–Kier alpha value is -4.90. The second kappa shape index (κ2) is 42.6. The maximum absolute atomic E-state index is 14.2. The minimum Gasteiger partial charge on any atom is -0.456 e. The first-order valence-corrected chi connectivity index (χ1v) is 41.0. The van der Waals surface area contributed by atoms with Gasteiger partial charge in [-0.25, -0.2) is 9.59 Å². The molecule has 624 valence electrons. The van der Waals surface area contributed by atoms with Gasteiger partial charge < -0.3 is 88.5 Å². The van der Waals surface area contributed by atoms with E-state index < -0.39 is 156 Å². The molecule has 24 nitrogen and oxygen atoms in total. The van der Waals surface area contributed by atoms with Gasteiger partial charge in [-0.3, -0.25) is 19.2 Å². The summed E-state index contributed by atoms with van der Waals surface area (Å²) < 4.78 is 49.1. The number of amides is 2. The van der Waals surface area contributed by atoms with Crippen molar-refractivity contribution >= 4 is 35.3 Å². The van der Waals surface area contributed by atoms with Crippen LogP contribution in [0, 0.1) is 65.1 Å². The zero-order valence-corrected chi connectivity index (χ0v) is 68.5. The first kappa shape index (κ1) is 92.3. The van der Waals surface area contributed by atoms with Crippen molar-refractivity contribution in [1.29, 1.82) is 0 Å². The average molecular weight is 1550 g/mol. The Morgan fingerprint density at radius 1 is 0.509 bits per heavy atom. The molecule has 2 saturated carbocycles. The molecule has 2 unspecified atom stereocenters. The molecule has 0 spiro atoms. The third kappa shape index (κ3) is 24.3. The lowest BCUT2D eigenvalue weighted by Crippen LogP contribution is -2.59. The van der Waals surface area contributed by atoms with Crippen LogP contribution in [0.1, 0.15) is 217 Å². The molecule has 0 radical (unpaired) electrons. The molecule has 2 aliphatic carbocycles. The van der Waals surface area contributed by atoms with Gasteiger partial charge >= 0.3 is 11.9 Å². The number of aliphatic hydroxyl groups excluding tert-OH is 6. The van der Waals surface area contributed by atoms with E-state index in [4.69, 9.17) is 37.9 Å². The van der Waals surface area contributed by atoms with E-state index in [1.54, 1.807) is 54.4 Å². The minimum atomic E-state index is -1.84. The van der Waals surface area contributed by atoms with Gasteiger partial charge in [0.25, 0.3) is 0 Å². The lowest BCUT2D eigenvalue weighted by atomic mass is 9.78. The highest BCUT2D eigenvalue weighted by atomic mass is 16.7. The fourth-order valence-corrected chi connectivity index (χ4v) is 18.7. The van der Waals surface area contributed by atoms with Crippen molar-refractivity contribution in [1.82, 2.24) is 9.80 Å². The van der Waals surface area contributed by atoms with Crippen LogP contribution in [0.5, 0.6) is 0 Å².